The number of rotatable bonds is 4. The summed E-state index contributed by atoms with van der Waals surface area (Å²) in [6, 6.07) is 10.3. The highest BCUT2D eigenvalue weighted by molar-refractivity contribution is 8.00. The average Bonchev–Trinajstić information content (AvgIpc) is 3.11. The van der Waals surface area contributed by atoms with Crippen molar-refractivity contribution < 1.29 is 9.59 Å². The van der Waals surface area contributed by atoms with Crippen LogP contribution in [0.25, 0.3) is 11.1 Å². The highest BCUT2D eigenvalue weighted by Gasteiger charge is 2.27. The molecular formula is C18H13ClN6O2S. The van der Waals surface area contributed by atoms with Crippen LogP contribution in [-0.2, 0) is 4.79 Å². The fraction of sp³-hybridized carbons (Fsp3) is 0.167. The van der Waals surface area contributed by atoms with Gasteiger partial charge in [-0.25, -0.2) is 9.78 Å². The summed E-state index contributed by atoms with van der Waals surface area (Å²) >= 11 is 7.04. The van der Waals surface area contributed by atoms with Crippen molar-refractivity contribution in [1.82, 2.24) is 15.2 Å². The summed E-state index contributed by atoms with van der Waals surface area (Å²) in [5.74, 6) is -0.557. The van der Waals surface area contributed by atoms with Crippen molar-refractivity contribution in [3.05, 3.63) is 40.4 Å². The van der Waals surface area contributed by atoms with Gasteiger partial charge in [-0.15, -0.1) is 0 Å². The highest BCUT2D eigenvalue weighted by atomic mass is 35.5. The monoisotopic (exact) mass is 412 g/mol. The summed E-state index contributed by atoms with van der Waals surface area (Å²) in [7, 11) is 0. The number of urea groups is 1. The molecule has 1 aromatic heterocycles. The van der Waals surface area contributed by atoms with E-state index < -0.39 is 11.9 Å². The van der Waals surface area contributed by atoms with Crippen molar-refractivity contribution in [2.24, 2.45) is 0 Å². The fourth-order valence-electron chi connectivity index (χ4n) is 2.75. The van der Waals surface area contributed by atoms with E-state index >= 15 is 0 Å². The second-order valence-electron chi connectivity index (χ2n) is 5.73. The summed E-state index contributed by atoms with van der Waals surface area (Å²) in [5.41, 5.74) is 6.98. The number of nitrogens with one attached hydrogen (secondary N) is 1. The minimum absolute atomic E-state index is 0.0506. The van der Waals surface area contributed by atoms with E-state index in [1.807, 2.05) is 12.1 Å². The second kappa shape index (κ2) is 8.17. The summed E-state index contributed by atoms with van der Waals surface area (Å²) < 4.78 is 0. The van der Waals surface area contributed by atoms with Gasteiger partial charge in [-0.1, -0.05) is 35.5 Å². The molecule has 0 spiro atoms. The van der Waals surface area contributed by atoms with E-state index in [2.05, 4.69) is 10.3 Å². The first-order valence-corrected chi connectivity index (χ1v) is 9.43. The van der Waals surface area contributed by atoms with Crippen molar-refractivity contribution in [1.29, 1.82) is 10.5 Å². The van der Waals surface area contributed by atoms with Gasteiger partial charge in [0.2, 0.25) is 5.91 Å². The summed E-state index contributed by atoms with van der Waals surface area (Å²) in [6.45, 7) is 0.694. The third-order valence-electron chi connectivity index (χ3n) is 4.02. The van der Waals surface area contributed by atoms with Gasteiger partial charge >= 0.3 is 6.03 Å². The first-order valence-electron chi connectivity index (χ1n) is 8.07. The van der Waals surface area contributed by atoms with Gasteiger partial charge in [0.1, 0.15) is 28.5 Å². The average molecular weight is 413 g/mol. The number of nitriles is 2. The smallest absolute Gasteiger partial charge is 0.324 e. The molecule has 3 rings (SSSR count). The van der Waals surface area contributed by atoms with Crippen LogP contribution in [0.15, 0.2) is 29.3 Å². The van der Waals surface area contributed by atoms with E-state index in [1.165, 1.54) is 0 Å². The molecule has 1 saturated heterocycles. The van der Waals surface area contributed by atoms with Gasteiger partial charge in [0.25, 0.3) is 0 Å². The van der Waals surface area contributed by atoms with E-state index in [1.54, 1.807) is 24.3 Å². The topological polar surface area (TPSA) is 136 Å². The maximum absolute atomic E-state index is 12.3. The number of hydrogen-bond donors (Lipinski definition) is 2. The maximum Gasteiger partial charge on any atom is 0.324 e. The molecular weight excluding hydrogens is 400 g/mol. The van der Waals surface area contributed by atoms with Crippen LogP contribution in [0.2, 0.25) is 5.02 Å². The van der Waals surface area contributed by atoms with Crippen molar-refractivity contribution in [2.75, 3.05) is 24.6 Å². The molecule has 28 heavy (non-hydrogen) atoms. The van der Waals surface area contributed by atoms with Gasteiger partial charge in [0.05, 0.1) is 11.3 Å². The zero-order chi connectivity index (χ0) is 20.3. The summed E-state index contributed by atoms with van der Waals surface area (Å²) in [4.78, 5) is 29.1. The molecule has 0 saturated carbocycles. The second-order valence-corrected chi connectivity index (χ2v) is 7.13. The molecule has 1 aromatic carbocycles. The van der Waals surface area contributed by atoms with E-state index in [9.17, 15) is 20.1 Å². The van der Waals surface area contributed by atoms with Crippen LogP contribution in [0.3, 0.4) is 0 Å². The van der Waals surface area contributed by atoms with Crippen molar-refractivity contribution in [3.8, 4) is 23.3 Å². The molecule has 140 valence electrons. The molecule has 3 amide bonds. The molecule has 2 heterocycles. The predicted molar refractivity (Wildman–Crippen MR) is 104 cm³/mol. The first kappa shape index (κ1) is 19.5. The summed E-state index contributed by atoms with van der Waals surface area (Å²) in [5, 5.41) is 22.4. The number of amides is 3. The molecule has 0 atom stereocenters. The Morgan fingerprint density at radius 1 is 1.36 bits per heavy atom. The van der Waals surface area contributed by atoms with Crippen LogP contribution in [0.4, 0.5) is 10.6 Å². The van der Waals surface area contributed by atoms with Crippen molar-refractivity contribution >= 4 is 41.1 Å². The number of carbonyl (C=O) groups is 2. The normalized spacial score (nSPS) is 13.0. The Balaban J connectivity index is 2.01. The van der Waals surface area contributed by atoms with Crippen LogP contribution < -0.4 is 11.1 Å². The lowest BCUT2D eigenvalue weighted by molar-refractivity contribution is -0.124. The molecule has 1 fully saturated rings. The van der Waals surface area contributed by atoms with E-state index in [0.29, 0.717) is 29.2 Å². The zero-order valence-corrected chi connectivity index (χ0v) is 16.0. The number of pyridine rings is 1. The lowest BCUT2D eigenvalue weighted by Crippen LogP contribution is -2.35. The lowest BCUT2D eigenvalue weighted by atomic mass is 9.97. The third kappa shape index (κ3) is 3.72. The van der Waals surface area contributed by atoms with Crippen LogP contribution in [0.5, 0.6) is 0 Å². The van der Waals surface area contributed by atoms with Crippen LogP contribution in [-0.4, -0.2) is 40.7 Å². The lowest BCUT2D eigenvalue weighted by Gasteiger charge is -2.14. The fourth-order valence-corrected chi connectivity index (χ4v) is 3.81. The number of hydrogen-bond acceptors (Lipinski definition) is 7. The number of benzene rings is 1. The number of thioether (sulfide) groups is 1. The molecule has 0 bridgehead atoms. The Labute approximate surface area is 169 Å². The van der Waals surface area contributed by atoms with Gasteiger partial charge in [0.15, 0.2) is 0 Å². The van der Waals surface area contributed by atoms with Crippen molar-refractivity contribution in [3.63, 3.8) is 0 Å². The van der Waals surface area contributed by atoms with Gasteiger partial charge in [-0.2, -0.15) is 10.5 Å². The number of nitrogens with zero attached hydrogens (tertiary/aromatic N) is 4. The molecule has 1 aliphatic heterocycles. The largest absolute Gasteiger partial charge is 0.383 e. The van der Waals surface area contributed by atoms with Gasteiger partial charge in [0, 0.05) is 23.7 Å². The van der Waals surface area contributed by atoms with E-state index in [-0.39, 0.29) is 27.7 Å². The first-order chi connectivity index (χ1) is 13.5. The third-order valence-corrected chi connectivity index (χ3v) is 5.21. The molecule has 0 aliphatic carbocycles. The Kier molecular flexibility index (Phi) is 5.69. The molecule has 3 N–H and O–H groups in total. The molecule has 10 heteroatoms. The van der Waals surface area contributed by atoms with E-state index in [0.717, 1.165) is 16.7 Å². The SMILES string of the molecule is N#Cc1c(N)nc(SCC(=O)N2CCNC2=O)c(C#N)c1-c1cccc(Cl)c1. The van der Waals surface area contributed by atoms with Crippen LogP contribution in [0.1, 0.15) is 11.1 Å². The number of imide groups is 1. The maximum atomic E-state index is 12.3. The van der Waals surface area contributed by atoms with Gasteiger partial charge in [-0.3, -0.25) is 9.69 Å². The van der Waals surface area contributed by atoms with Crippen LogP contribution in [0, 0.1) is 22.7 Å². The van der Waals surface area contributed by atoms with Crippen LogP contribution >= 0.6 is 23.4 Å². The molecule has 1 aliphatic rings. The molecule has 0 unspecified atom stereocenters. The predicted octanol–water partition coefficient (Wildman–Crippen LogP) is 2.37. The minimum atomic E-state index is -0.446. The molecule has 8 nitrogen and oxygen atoms in total. The number of anilines is 1. The van der Waals surface area contributed by atoms with Gasteiger partial charge in [-0.05, 0) is 17.7 Å². The quantitative estimate of drug-likeness (QED) is 0.735. The molecule has 2 aromatic rings. The zero-order valence-electron chi connectivity index (χ0n) is 14.4. The Morgan fingerprint density at radius 3 is 2.71 bits per heavy atom. The number of carbonyl (C=O) groups excluding carboxylic acids is 2. The van der Waals surface area contributed by atoms with E-state index in [4.69, 9.17) is 17.3 Å². The summed E-state index contributed by atoms with van der Waals surface area (Å²) in [6.07, 6.45) is 0. The standard InChI is InChI=1S/C18H13ClN6O2S/c19-11-3-1-2-10(6-11)15-12(7-20)16(22)24-17(13(15)8-21)28-9-14(26)25-5-4-23-18(25)27/h1-3,6H,4-5,9H2,(H2,22,24)(H,23,27). The number of aromatic nitrogens is 1. The number of halogens is 1. The minimum Gasteiger partial charge on any atom is -0.383 e. The van der Waals surface area contributed by atoms with Gasteiger partial charge < -0.3 is 11.1 Å². The Hall–Kier alpha value is -3.27. The highest BCUT2D eigenvalue weighted by Crippen LogP contribution is 2.36. The number of nitrogen functional groups attached to an aromatic ring is 1. The van der Waals surface area contributed by atoms with Crippen molar-refractivity contribution in [2.45, 2.75) is 5.03 Å². The molecule has 0 radical (unpaired) electrons. The Bertz CT molecular complexity index is 1060. The Morgan fingerprint density at radius 2 is 2.11 bits per heavy atom. The number of nitrogens with two attached hydrogens (primary N) is 1.